The number of rotatable bonds is 3. The number of aromatic nitrogens is 2. The van der Waals surface area contributed by atoms with Crippen molar-refractivity contribution in [2.75, 3.05) is 4.72 Å². The van der Waals surface area contributed by atoms with Gasteiger partial charge in [-0.05, 0) is 46.7 Å². The van der Waals surface area contributed by atoms with Crippen molar-refractivity contribution in [1.82, 2.24) is 10.3 Å². The Balaban J connectivity index is 1.94. The van der Waals surface area contributed by atoms with Gasteiger partial charge in [0, 0.05) is 5.69 Å². The molecule has 0 saturated heterocycles. The molecule has 0 aliphatic rings. The second-order valence-corrected chi connectivity index (χ2v) is 6.28. The molecule has 3 rings (SSSR count). The Morgan fingerprint density at radius 3 is 2.48 bits per heavy atom. The summed E-state index contributed by atoms with van der Waals surface area (Å²) in [5.41, 5.74) is -0.563. The van der Waals surface area contributed by atoms with E-state index in [1.54, 1.807) is 0 Å². The largest absolute Gasteiger partial charge is 0.416 e. The Morgan fingerprint density at radius 1 is 1.00 bits per heavy atom. The lowest BCUT2D eigenvalue weighted by Gasteiger charge is -2.11. The van der Waals surface area contributed by atoms with Gasteiger partial charge in [-0.1, -0.05) is 6.07 Å². The maximum atomic E-state index is 12.7. The summed E-state index contributed by atoms with van der Waals surface area (Å²) in [7, 11) is -4.07. The zero-order chi connectivity index (χ0) is 16.7. The molecule has 23 heavy (non-hydrogen) atoms. The molecular formula is C13H8F3N3O3S. The number of anilines is 1. The van der Waals surface area contributed by atoms with Gasteiger partial charge in [-0.25, -0.2) is 13.0 Å². The summed E-state index contributed by atoms with van der Waals surface area (Å²) in [6.45, 7) is 0. The third kappa shape index (κ3) is 3.11. The molecule has 1 aromatic heterocycles. The molecule has 0 saturated carbocycles. The smallest absolute Gasteiger partial charge is 0.280 e. The fraction of sp³-hybridized carbons (Fsp3) is 0.0769. The van der Waals surface area contributed by atoms with Gasteiger partial charge in [0.05, 0.1) is 10.5 Å². The second kappa shape index (κ2) is 5.23. The summed E-state index contributed by atoms with van der Waals surface area (Å²) >= 11 is 0. The van der Waals surface area contributed by atoms with Crippen molar-refractivity contribution in [3.63, 3.8) is 0 Å². The fourth-order valence-electron chi connectivity index (χ4n) is 1.90. The van der Waals surface area contributed by atoms with Gasteiger partial charge in [0.1, 0.15) is 11.0 Å². The van der Waals surface area contributed by atoms with Crippen LogP contribution in [0.3, 0.4) is 0 Å². The van der Waals surface area contributed by atoms with Gasteiger partial charge in [0.25, 0.3) is 10.0 Å². The van der Waals surface area contributed by atoms with Crippen molar-refractivity contribution in [2.45, 2.75) is 11.1 Å². The van der Waals surface area contributed by atoms with E-state index in [0.29, 0.717) is 11.6 Å². The normalized spacial score (nSPS) is 12.5. The predicted molar refractivity (Wildman–Crippen MR) is 74.1 cm³/mol. The van der Waals surface area contributed by atoms with Gasteiger partial charge in [-0.3, -0.25) is 4.72 Å². The number of nitrogens with one attached hydrogen (secondary N) is 1. The van der Waals surface area contributed by atoms with Crippen LogP contribution in [0.25, 0.3) is 11.0 Å². The molecule has 0 bridgehead atoms. The van der Waals surface area contributed by atoms with Crippen LogP contribution in [0, 0.1) is 0 Å². The number of hydrogen-bond donors (Lipinski definition) is 1. The van der Waals surface area contributed by atoms with E-state index in [1.165, 1.54) is 24.3 Å². The van der Waals surface area contributed by atoms with Crippen molar-refractivity contribution in [3.05, 3.63) is 48.0 Å². The zero-order valence-corrected chi connectivity index (χ0v) is 12.0. The first-order valence-corrected chi connectivity index (χ1v) is 7.66. The van der Waals surface area contributed by atoms with Crippen LogP contribution in [0.15, 0.2) is 52.0 Å². The summed E-state index contributed by atoms with van der Waals surface area (Å²) in [6, 6.07) is 7.75. The molecule has 0 fully saturated rings. The molecule has 0 amide bonds. The van der Waals surface area contributed by atoms with Crippen molar-refractivity contribution in [1.29, 1.82) is 0 Å². The molecule has 1 N–H and O–H groups in total. The minimum atomic E-state index is -4.56. The van der Waals surface area contributed by atoms with Crippen LogP contribution in [0.2, 0.25) is 0 Å². The zero-order valence-electron chi connectivity index (χ0n) is 11.2. The second-order valence-electron chi connectivity index (χ2n) is 4.60. The van der Waals surface area contributed by atoms with Crippen molar-refractivity contribution >= 4 is 26.7 Å². The number of fused-ring (bicyclic) bond motifs is 1. The molecule has 3 aromatic rings. The average Bonchev–Trinajstić information content (AvgIpc) is 2.93. The van der Waals surface area contributed by atoms with Crippen molar-refractivity contribution in [2.24, 2.45) is 0 Å². The predicted octanol–water partition coefficient (Wildman–Crippen LogP) is 3.04. The summed E-state index contributed by atoms with van der Waals surface area (Å²) in [6.07, 6.45) is -4.56. The van der Waals surface area contributed by atoms with Crippen LogP contribution in [0.5, 0.6) is 0 Å². The molecule has 10 heteroatoms. The number of halogens is 3. The lowest BCUT2D eigenvalue weighted by molar-refractivity contribution is -0.137. The van der Waals surface area contributed by atoms with E-state index >= 15 is 0 Å². The first-order chi connectivity index (χ1) is 10.8. The molecule has 6 nitrogen and oxygen atoms in total. The topological polar surface area (TPSA) is 85.1 Å². The van der Waals surface area contributed by atoms with Crippen LogP contribution in [-0.4, -0.2) is 18.7 Å². The van der Waals surface area contributed by atoms with Crippen molar-refractivity contribution in [3.8, 4) is 0 Å². The van der Waals surface area contributed by atoms with E-state index in [4.69, 9.17) is 0 Å². The van der Waals surface area contributed by atoms with E-state index in [-0.39, 0.29) is 16.1 Å². The molecule has 0 unspecified atom stereocenters. The van der Waals surface area contributed by atoms with Crippen LogP contribution >= 0.6 is 0 Å². The lowest BCUT2D eigenvalue weighted by atomic mass is 10.2. The summed E-state index contributed by atoms with van der Waals surface area (Å²) in [5.74, 6) is 0. The van der Waals surface area contributed by atoms with E-state index < -0.39 is 21.8 Å². The minimum absolute atomic E-state index is 0.168. The van der Waals surface area contributed by atoms with Crippen molar-refractivity contribution < 1.29 is 26.2 Å². The first-order valence-electron chi connectivity index (χ1n) is 6.18. The third-order valence-corrected chi connectivity index (χ3v) is 4.36. The molecule has 2 aromatic carbocycles. The minimum Gasteiger partial charge on any atom is -0.280 e. The molecule has 120 valence electrons. The van der Waals surface area contributed by atoms with Crippen LogP contribution in [0.1, 0.15) is 5.56 Å². The molecular weight excluding hydrogens is 335 g/mol. The number of benzene rings is 2. The summed E-state index contributed by atoms with van der Waals surface area (Å²) in [4.78, 5) is -0.168. The van der Waals surface area contributed by atoms with Crippen LogP contribution < -0.4 is 4.72 Å². The fourth-order valence-corrected chi connectivity index (χ4v) is 2.97. The highest BCUT2D eigenvalue weighted by Gasteiger charge is 2.30. The highest BCUT2D eigenvalue weighted by molar-refractivity contribution is 7.92. The molecule has 0 spiro atoms. The SMILES string of the molecule is O=S(=O)(Nc1cccc(C(F)(F)F)c1)c1ccc2nonc2c1. The monoisotopic (exact) mass is 343 g/mol. The highest BCUT2D eigenvalue weighted by Crippen LogP contribution is 2.31. The van der Waals surface area contributed by atoms with Crippen LogP contribution in [0.4, 0.5) is 18.9 Å². The molecule has 0 aliphatic heterocycles. The van der Waals surface area contributed by atoms with Gasteiger partial charge in [-0.2, -0.15) is 13.2 Å². The van der Waals surface area contributed by atoms with Crippen LogP contribution in [-0.2, 0) is 16.2 Å². The summed E-state index contributed by atoms with van der Waals surface area (Å²) < 4.78 is 69.1. The number of sulfonamides is 1. The van der Waals surface area contributed by atoms with E-state index in [9.17, 15) is 21.6 Å². The maximum absolute atomic E-state index is 12.7. The van der Waals surface area contributed by atoms with Gasteiger partial charge >= 0.3 is 6.18 Å². The number of hydrogen-bond acceptors (Lipinski definition) is 5. The van der Waals surface area contributed by atoms with Gasteiger partial charge in [0.2, 0.25) is 0 Å². The lowest BCUT2D eigenvalue weighted by Crippen LogP contribution is -2.14. The Morgan fingerprint density at radius 2 is 1.74 bits per heavy atom. The Hall–Kier alpha value is -2.62. The van der Waals surface area contributed by atoms with E-state index in [1.807, 2.05) is 0 Å². The highest BCUT2D eigenvalue weighted by atomic mass is 32.2. The molecule has 0 radical (unpaired) electrons. The van der Waals surface area contributed by atoms with E-state index in [2.05, 4.69) is 19.7 Å². The molecule has 1 heterocycles. The summed E-state index contributed by atoms with van der Waals surface area (Å²) in [5, 5.41) is 7.06. The third-order valence-electron chi connectivity index (χ3n) is 2.98. The quantitative estimate of drug-likeness (QED) is 0.790. The average molecular weight is 343 g/mol. The Bertz CT molecular complexity index is 967. The van der Waals surface area contributed by atoms with Gasteiger partial charge in [-0.15, -0.1) is 0 Å². The first kappa shape index (κ1) is 15.3. The number of nitrogens with zero attached hydrogens (tertiary/aromatic N) is 2. The number of alkyl halides is 3. The Labute approximate surface area is 127 Å². The van der Waals surface area contributed by atoms with Gasteiger partial charge in [0.15, 0.2) is 0 Å². The molecule has 0 atom stereocenters. The standard InChI is InChI=1S/C13H8F3N3O3S/c14-13(15,16)8-2-1-3-9(6-8)19-23(20,21)10-4-5-11-12(7-10)18-22-17-11/h1-7,19H. The van der Waals surface area contributed by atoms with Gasteiger partial charge < -0.3 is 0 Å². The Kier molecular flexibility index (Phi) is 3.48. The molecule has 0 aliphatic carbocycles. The van der Waals surface area contributed by atoms with E-state index in [0.717, 1.165) is 12.1 Å². The maximum Gasteiger partial charge on any atom is 0.416 e.